The van der Waals surface area contributed by atoms with Gasteiger partial charge in [-0.05, 0) is 43.7 Å². The van der Waals surface area contributed by atoms with Gasteiger partial charge in [0.15, 0.2) is 0 Å². The molecule has 1 saturated carbocycles. The van der Waals surface area contributed by atoms with E-state index in [1.807, 2.05) is 0 Å². The molecule has 1 aromatic carbocycles. The van der Waals surface area contributed by atoms with Crippen molar-refractivity contribution in [2.24, 2.45) is 5.92 Å². The molecular weight excluding hydrogens is 244 g/mol. The van der Waals surface area contributed by atoms with E-state index in [0.29, 0.717) is 6.04 Å². The number of hydrogen-bond donors (Lipinski definition) is 1. The molecule has 2 unspecified atom stereocenters. The van der Waals surface area contributed by atoms with Gasteiger partial charge in [0.2, 0.25) is 0 Å². The molecule has 0 radical (unpaired) electrons. The largest absolute Gasteiger partial charge is 0.312 e. The Labute approximate surface area is 123 Å². The molecule has 3 rings (SSSR count). The first kappa shape index (κ1) is 14.1. The number of hydrogen-bond acceptors (Lipinski definition) is 2. The molecule has 0 spiro atoms. The van der Waals surface area contributed by atoms with Crippen LogP contribution in [0, 0.1) is 5.92 Å². The number of rotatable bonds is 7. The van der Waals surface area contributed by atoms with Gasteiger partial charge in [-0.1, -0.05) is 43.7 Å². The molecule has 1 N–H and O–H groups in total. The minimum Gasteiger partial charge on any atom is -0.312 e. The molecule has 0 aromatic heterocycles. The number of benzene rings is 1. The Morgan fingerprint density at radius 1 is 1.20 bits per heavy atom. The average molecular weight is 272 g/mol. The van der Waals surface area contributed by atoms with Gasteiger partial charge in [0.1, 0.15) is 0 Å². The summed E-state index contributed by atoms with van der Waals surface area (Å²) in [5, 5.41) is 3.74. The first-order chi connectivity index (χ1) is 9.86. The van der Waals surface area contributed by atoms with Crippen LogP contribution in [-0.4, -0.2) is 30.6 Å². The lowest BCUT2D eigenvalue weighted by Gasteiger charge is -2.29. The van der Waals surface area contributed by atoms with E-state index in [9.17, 15) is 0 Å². The highest BCUT2D eigenvalue weighted by atomic mass is 15.2. The summed E-state index contributed by atoms with van der Waals surface area (Å²) in [7, 11) is 0. The minimum absolute atomic E-state index is 0.568. The molecule has 0 bridgehead atoms. The van der Waals surface area contributed by atoms with E-state index in [0.717, 1.165) is 18.5 Å². The van der Waals surface area contributed by atoms with Crippen LogP contribution in [0.3, 0.4) is 0 Å². The summed E-state index contributed by atoms with van der Waals surface area (Å²) in [5.74, 6) is 0.923. The van der Waals surface area contributed by atoms with Crippen LogP contribution in [0.25, 0.3) is 0 Å². The molecule has 1 saturated heterocycles. The second-order valence-electron chi connectivity index (χ2n) is 6.55. The Kier molecular flexibility index (Phi) is 4.74. The molecular formula is C18H28N2. The molecule has 2 aliphatic rings. The second kappa shape index (κ2) is 6.73. The average Bonchev–Trinajstić information content (AvgIpc) is 3.20. The number of nitrogens with one attached hydrogen (secondary N) is 1. The van der Waals surface area contributed by atoms with Gasteiger partial charge in [0.05, 0.1) is 0 Å². The summed E-state index contributed by atoms with van der Waals surface area (Å²) in [6, 6.07) is 12.4. The maximum atomic E-state index is 3.74. The van der Waals surface area contributed by atoms with Crippen molar-refractivity contribution in [1.29, 1.82) is 0 Å². The molecule has 1 heterocycles. The van der Waals surface area contributed by atoms with Gasteiger partial charge in [-0.25, -0.2) is 0 Å². The third kappa shape index (κ3) is 3.62. The lowest BCUT2D eigenvalue weighted by atomic mass is 10.0. The predicted octanol–water partition coefficient (Wildman–Crippen LogP) is 3.60. The topological polar surface area (TPSA) is 15.3 Å². The summed E-state index contributed by atoms with van der Waals surface area (Å²) in [4.78, 5) is 2.71. The van der Waals surface area contributed by atoms with Crippen molar-refractivity contribution in [3.8, 4) is 0 Å². The molecule has 1 aromatic rings. The Morgan fingerprint density at radius 3 is 2.70 bits per heavy atom. The second-order valence-corrected chi connectivity index (χ2v) is 6.55. The molecule has 110 valence electrons. The van der Waals surface area contributed by atoms with Crippen LogP contribution in [0.4, 0.5) is 0 Å². The van der Waals surface area contributed by atoms with E-state index < -0.39 is 0 Å². The third-order valence-electron chi connectivity index (χ3n) is 4.82. The quantitative estimate of drug-likeness (QED) is 0.816. The highest BCUT2D eigenvalue weighted by Crippen LogP contribution is 2.30. The molecule has 2 fully saturated rings. The summed E-state index contributed by atoms with van der Waals surface area (Å²) in [5.41, 5.74) is 1.48. The fourth-order valence-electron chi connectivity index (χ4n) is 3.49. The number of likely N-dealkylation sites (tertiary alicyclic amines) is 1. The van der Waals surface area contributed by atoms with Crippen LogP contribution in [0.2, 0.25) is 0 Å². The van der Waals surface area contributed by atoms with Crippen LogP contribution in [-0.2, 0) is 0 Å². The van der Waals surface area contributed by atoms with E-state index in [4.69, 9.17) is 0 Å². The van der Waals surface area contributed by atoms with Gasteiger partial charge in [0, 0.05) is 25.2 Å². The van der Waals surface area contributed by atoms with E-state index >= 15 is 0 Å². The summed E-state index contributed by atoms with van der Waals surface area (Å²) >= 11 is 0. The summed E-state index contributed by atoms with van der Waals surface area (Å²) in [6.45, 7) is 6.00. The van der Waals surface area contributed by atoms with Crippen LogP contribution < -0.4 is 5.32 Å². The zero-order valence-corrected chi connectivity index (χ0v) is 12.7. The molecule has 1 aliphatic carbocycles. The molecule has 0 amide bonds. The maximum absolute atomic E-state index is 3.74. The summed E-state index contributed by atoms with van der Waals surface area (Å²) < 4.78 is 0. The van der Waals surface area contributed by atoms with Crippen molar-refractivity contribution in [2.45, 2.75) is 51.1 Å². The van der Waals surface area contributed by atoms with Crippen molar-refractivity contribution >= 4 is 0 Å². The Morgan fingerprint density at radius 2 is 2.00 bits per heavy atom. The van der Waals surface area contributed by atoms with Crippen molar-refractivity contribution in [3.05, 3.63) is 35.9 Å². The highest BCUT2D eigenvalue weighted by molar-refractivity contribution is 5.20. The number of nitrogens with zero attached hydrogens (tertiary/aromatic N) is 1. The maximum Gasteiger partial charge on any atom is 0.0472 e. The van der Waals surface area contributed by atoms with Gasteiger partial charge >= 0.3 is 0 Å². The van der Waals surface area contributed by atoms with Crippen LogP contribution in [0.1, 0.15) is 50.6 Å². The predicted molar refractivity (Wildman–Crippen MR) is 84.8 cm³/mol. The molecule has 1 aliphatic heterocycles. The highest BCUT2D eigenvalue weighted by Gasteiger charge is 2.30. The van der Waals surface area contributed by atoms with Crippen LogP contribution >= 0.6 is 0 Å². The van der Waals surface area contributed by atoms with Gasteiger partial charge in [0.25, 0.3) is 0 Å². The van der Waals surface area contributed by atoms with Crippen LogP contribution in [0.5, 0.6) is 0 Å². The van der Waals surface area contributed by atoms with Gasteiger partial charge in [-0.2, -0.15) is 0 Å². The molecule has 2 nitrogen and oxygen atoms in total. The first-order valence-electron chi connectivity index (χ1n) is 8.39. The standard InChI is InChI=1S/C18H28N2/c1-2-6-15-11-12-20(14-15)18(13-19-17-9-10-17)16-7-4-3-5-8-16/h3-5,7-8,15,17-19H,2,6,9-14H2,1H3. The SMILES string of the molecule is CCCC1CCN(C(CNC2CC2)c2ccccc2)C1. The Bertz CT molecular complexity index is 399. The van der Waals surface area contributed by atoms with Gasteiger partial charge in [-0.15, -0.1) is 0 Å². The van der Waals surface area contributed by atoms with Crippen molar-refractivity contribution in [1.82, 2.24) is 10.2 Å². The van der Waals surface area contributed by atoms with E-state index in [2.05, 4.69) is 47.5 Å². The first-order valence-corrected chi connectivity index (χ1v) is 8.39. The lowest BCUT2D eigenvalue weighted by molar-refractivity contribution is 0.228. The van der Waals surface area contributed by atoms with E-state index in [-0.39, 0.29) is 0 Å². The Balaban J connectivity index is 1.65. The zero-order chi connectivity index (χ0) is 13.8. The smallest absolute Gasteiger partial charge is 0.0472 e. The monoisotopic (exact) mass is 272 g/mol. The van der Waals surface area contributed by atoms with Crippen LogP contribution in [0.15, 0.2) is 30.3 Å². The molecule has 2 atom stereocenters. The summed E-state index contributed by atoms with van der Waals surface area (Å²) in [6.07, 6.45) is 6.86. The fourth-order valence-corrected chi connectivity index (χ4v) is 3.49. The zero-order valence-electron chi connectivity index (χ0n) is 12.7. The Hall–Kier alpha value is -0.860. The lowest BCUT2D eigenvalue weighted by Crippen LogP contribution is -2.35. The molecule has 20 heavy (non-hydrogen) atoms. The van der Waals surface area contributed by atoms with Crippen molar-refractivity contribution < 1.29 is 0 Å². The van der Waals surface area contributed by atoms with E-state index in [1.165, 1.54) is 50.8 Å². The normalized spacial score (nSPS) is 24.9. The van der Waals surface area contributed by atoms with Gasteiger partial charge in [-0.3, -0.25) is 4.90 Å². The third-order valence-corrected chi connectivity index (χ3v) is 4.82. The molecule has 2 heteroatoms. The van der Waals surface area contributed by atoms with Crippen molar-refractivity contribution in [2.75, 3.05) is 19.6 Å². The van der Waals surface area contributed by atoms with Crippen molar-refractivity contribution in [3.63, 3.8) is 0 Å². The van der Waals surface area contributed by atoms with Gasteiger partial charge < -0.3 is 5.32 Å². The minimum atomic E-state index is 0.568. The van der Waals surface area contributed by atoms with E-state index in [1.54, 1.807) is 0 Å². The fraction of sp³-hybridized carbons (Fsp3) is 0.667.